The molecule has 3 rings (SSSR count). The van der Waals surface area contributed by atoms with Crippen molar-refractivity contribution in [2.75, 3.05) is 18.0 Å². The van der Waals surface area contributed by atoms with Crippen molar-refractivity contribution in [1.82, 2.24) is 10.3 Å². The normalized spacial score (nSPS) is 20.8. The Hall–Kier alpha value is -1.72. The molecule has 0 bridgehead atoms. The van der Waals surface area contributed by atoms with Crippen molar-refractivity contribution >= 4 is 11.7 Å². The van der Waals surface area contributed by atoms with E-state index < -0.39 is 5.92 Å². The Morgan fingerprint density at radius 1 is 1.50 bits per heavy atom. The van der Waals surface area contributed by atoms with E-state index in [1.165, 1.54) is 0 Å². The van der Waals surface area contributed by atoms with E-state index in [0.29, 0.717) is 43.0 Å². The number of aromatic nitrogens is 1. The van der Waals surface area contributed by atoms with E-state index in [1.807, 2.05) is 6.92 Å². The van der Waals surface area contributed by atoms with Gasteiger partial charge in [0.25, 0.3) is 11.8 Å². The summed E-state index contributed by atoms with van der Waals surface area (Å²) in [7, 11) is 0. The van der Waals surface area contributed by atoms with Crippen LogP contribution >= 0.6 is 0 Å². The summed E-state index contributed by atoms with van der Waals surface area (Å²) in [6, 6.07) is 1.80. The molecule has 2 aliphatic rings. The zero-order chi connectivity index (χ0) is 14.3. The summed E-state index contributed by atoms with van der Waals surface area (Å²) in [6.07, 6.45) is 1.08. The fourth-order valence-electron chi connectivity index (χ4n) is 2.85. The molecule has 1 saturated heterocycles. The van der Waals surface area contributed by atoms with Gasteiger partial charge in [0.15, 0.2) is 0 Å². The Morgan fingerprint density at radius 3 is 3.00 bits per heavy atom. The lowest BCUT2D eigenvalue weighted by molar-refractivity contribution is -0.0119. The van der Waals surface area contributed by atoms with Crippen LogP contribution < -0.4 is 10.2 Å². The van der Waals surface area contributed by atoms with E-state index in [9.17, 15) is 13.6 Å². The number of pyridine rings is 1. The lowest BCUT2D eigenvalue weighted by Gasteiger charge is -2.34. The molecule has 1 amide bonds. The molecule has 1 aromatic heterocycles. The minimum atomic E-state index is -2.65. The molecule has 0 aliphatic carbocycles. The second-order valence-electron chi connectivity index (χ2n) is 5.38. The van der Waals surface area contributed by atoms with E-state index in [4.69, 9.17) is 0 Å². The van der Waals surface area contributed by atoms with Gasteiger partial charge < -0.3 is 10.2 Å². The van der Waals surface area contributed by atoms with Crippen LogP contribution in [0, 0.1) is 0 Å². The average Bonchev–Trinajstić information content (AvgIpc) is 2.77. The maximum Gasteiger partial charge on any atom is 0.265 e. The molecule has 20 heavy (non-hydrogen) atoms. The summed E-state index contributed by atoms with van der Waals surface area (Å²) in [5.41, 5.74) is 2.10. The van der Waals surface area contributed by atoms with E-state index in [-0.39, 0.29) is 18.9 Å². The summed E-state index contributed by atoms with van der Waals surface area (Å²) >= 11 is 0. The number of hydrogen-bond acceptors (Lipinski definition) is 3. The molecule has 1 fully saturated rings. The first-order chi connectivity index (χ1) is 9.50. The average molecular weight is 281 g/mol. The fourth-order valence-corrected chi connectivity index (χ4v) is 2.85. The maximum atomic E-state index is 13.6. The van der Waals surface area contributed by atoms with Gasteiger partial charge in [-0.3, -0.25) is 4.79 Å². The number of fused-ring (bicyclic) bond motifs is 1. The van der Waals surface area contributed by atoms with Gasteiger partial charge in [0.1, 0.15) is 5.82 Å². The number of aryl methyl sites for hydroxylation is 1. The zero-order valence-corrected chi connectivity index (χ0v) is 11.4. The second-order valence-corrected chi connectivity index (χ2v) is 5.38. The van der Waals surface area contributed by atoms with Crippen molar-refractivity contribution in [2.24, 2.45) is 0 Å². The first-order valence-corrected chi connectivity index (χ1v) is 6.94. The molecule has 0 saturated carbocycles. The van der Waals surface area contributed by atoms with Gasteiger partial charge in [-0.1, -0.05) is 6.92 Å². The summed E-state index contributed by atoms with van der Waals surface area (Å²) in [6.45, 7) is 2.64. The SMILES string of the molecule is CCc1cc2c(nc1N1CCCC(F)(F)C1)CNC2=O. The Labute approximate surface area is 116 Å². The molecular weight excluding hydrogens is 264 g/mol. The maximum absolute atomic E-state index is 13.6. The number of carbonyl (C=O) groups is 1. The number of alkyl halides is 2. The van der Waals surface area contributed by atoms with E-state index in [2.05, 4.69) is 10.3 Å². The molecule has 0 atom stereocenters. The van der Waals surface area contributed by atoms with Crippen molar-refractivity contribution in [3.05, 3.63) is 22.9 Å². The van der Waals surface area contributed by atoms with Crippen molar-refractivity contribution in [3.8, 4) is 0 Å². The van der Waals surface area contributed by atoms with Crippen LogP contribution in [0.25, 0.3) is 0 Å². The third-order valence-corrected chi connectivity index (χ3v) is 3.89. The van der Waals surface area contributed by atoms with Crippen LogP contribution in [0.15, 0.2) is 6.07 Å². The van der Waals surface area contributed by atoms with Crippen LogP contribution in [-0.2, 0) is 13.0 Å². The Balaban J connectivity index is 1.99. The molecule has 0 spiro atoms. The molecule has 108 valence electrons. The molecule has 1 aromatic rings. The second kappa shape index (κ2) is 4.68. The van der Waals surface area contributed by atoms with Gasteiger partial charge in [0.05, 0.1) is 24.3 Å². The highest BCUT2D eigenvalue weighted by molar-refractivity contribution is 5.98. The quantitative estimate of drug-likeness (QED) is 0.903. The Morgan fingerprint density at radius 2 is 2.30 bits per heavy atom. The lowest BCUT2D eigenvalue weighted by Crippen LogP contribution is -2.43. The molecule has 1 N–H and O–H groups in total. The van der Waals surface area contributed by atoms with Crippen LogP contribution in [0.5, 0.6) is 0 Å². The number of anilines is 1. The minimum Gasteiger partial charge on any atom is -0.350 e. The van der Waals surface area contributed by atoms with Crippen LogP contribution in [0.1, 0.15) is 41.4 Å². The molecule has 3 heterocycles. The first-order valence-electron chi connectivity index (χ1n) is 6.94. The van der Waals surface area contributed by atoms with Crippen molar-refractivity contribution in [1.29, 1.82) is 0 Å². The highest BCUT2D eigenvalue weighted by Crippen LogP contribution is 2.32. The largest absolute Gasteiger partial charge is 0.350 e. The van der Waals surface area contributed by atoms with Crippen LogP contribution in [0.2, 0.25) is 0 Å². The van der Waals surface area contributed by atoms with E-state index in [1.54, 1.807) is 11.0 Å². The Kier molecular flexibility index (Phi) is 3.11. The van der Waals surface area contributed by atoms with Crippen LogP contribution in [0.3, 0.4) is 0 Å². The molecule has 4 nitrogen and oxygen atoms in total. The first kappa shape index (κ1) is 13.3. The molecule has 0 aromatic carbocycles. The standard InChI is InChI=1S/C14H17F2N3O/c1-2-9-6-10-11(7-17-13(10)20)18-12(9)19-5-3-4-14(15,16)8-19/h6H,2-5,7-8H2,1H3,(H,17,20). The fraction of sp³-hybridized carbons (Fsp3) is 0.571. The molecule has 6 heteroatoms. The number of nitrogens with one attached hydrogen (secondary N) is 1. The topological polar surface area (TPSA) is 45.2 Å². The number of hydrogen-bond donors (Lipinski definition) is 1. The highest BCUT2D eigenvalue weighted by Gasteiger charge is 2.36. The van der Waals surface area contributed by atoms with Crippen LogP contribution in [0.4, 0.5) is 14.6 Å². The molecule has 0 radical (unpaired) electrons. The summed E-state index contributed by atoms with van der Waals surface area (Å²) in [4.78, 5) is 17.8. The Bertz CT molecular complexity index is 560. The van der Waals surface area contributed by atoms with Gasteiger partial charge >= 0.3 is 0 Å². The van der Waals surface area contributed by atoms with Gasteiger partial charge in [-0.25, -0.2) is 13.8 Å². The summed E-state index contributed by atoms with van der Waals surface area (Å²) in [5.74, 6) is -2.17. The summed E-state index contributed by atoms with van der Waals surface area (Å²) in [5, 5.41) is 2.71. The van der Waals surface area contributed by atoms with Crippen molar-refractivity contribution < 1.29 is 13.6 Å². The van der Waals surface area contributed by atoms with Gasteiger partial charge in [-0.2, -0.15) is 0 Å². The van der Waals surface area contributed by atoms with E-state index >= 15 is 0 Å². The highest BCUT2D eigenvalue weighted by atomic mass is 19.3. The molecule has 2 aliphatic heterocycles. The number of halogens is 2. The van der Waals surface area contributed by atoms with Crippen molar-refractivity contribution in [2.45, 2.75) is 38.7 Å². The number of piperidine rings is 1. The van der Waals surface area contributed by atoms with Gasteiger partial charge in [-0.15, -0.1) is 0 Å². The predicted octanol–water partition coefficient (Wildman–Crippen LogP) is 2.12. The number of carbonyl (C=O) groups excluding carboxylic acids is 1. The number of amides is 1. The molecule has 0 unspecified atom stereocenters. The third-order valence-electron chi connectivity index (χ3n) is 3.89. The number of nitrogens with zero attached hydrogens (tertiary/aromatic N) is 2. The van der Waals surface area contributed by atoms with Crippen LogP contribution in [-0.4, -0.2) is 29.9 Å². The zero-order valence-electron chi connectivity index (χ0n) is 11.4. The smallest absolute Gasteiger partial charge is 0.265 e. The van der Waals surface area contributed by atoms with Gasteiger partial charge in [-0.05, 0) is 24.5 Å². The number of rotatable bonds is 2. The van der Waals surface area contributed by atoms with Crippen molar-refractivity contribution in [3.63, 3.8) is 0 Å². The lowest BCUT2D eigenvalue weighted by atomic mass is 10.0. The van der Waals surface area contributed by atoms with Gasteiger partial charge in [0, 0.05) is 13.0 Å². The summed E-state index contributed by atoms with van der Waals surface area (Å²) < 4.78 is 27.2. The monoisotopic (exact) mass is 281 g/mol. The molecular formula is C14H17F2N3O. The van der Waals surface area contributed by atoms with E-state index in [0.717, 1.165) is 5.56 Å². The third kappa shape index (κ3) is 2.23. The predicted molar refractivity (Wildman–Crippen MR) is 71.2 cm³/mol. The minimum absolute atomic E-state index is 0.0596. The van der Waals surface area contributed by atoms with Gasteiger partial charge in [0.2, 0.25) is 0 Å².